The molecule has 1 atom stereocenters. The number of nitrogens with one attached hydrogen (secondary N) is 3. The lowest BCUT2D eigenvalue weighted by Crippen LogP contribution is -2.51. The average Bonchev–Trinajstić information content (AvgIpc) is 2.71. The van der Waals surface area contributed by atoms with Crippen molar-refractivity contribution in [3.8, 4) is 0 Å². The van der Waals surface area contributed by atoms with Gasteiger partial charge < -0.3 is 20.9 Å². The summed E-state index contributed by atoms with van der Waals surface area (Å²) in [7, 11) is 0. The third-order valence-electron chi connectivity index (χ3n) is 5.20. The fraction of sp³-hybridized carbons (Fsp3) is 0.400. The Labute approximate surface area is 177 Å². The van der Waals surface area contributed by atoms with Gasteiger partial charge in [-0.05, 0) is 24.6 Å². The molecule has 1 aromatic carbocycles. The predicted octanol–water partition coefficient (Wildman–Crippen LogP) is 2.93. The molecule has 1 unspecified atom stereocenters. The van der Waals surface area contributed by atoms with Crippen LogP contribution in [0, 0.1) is 0 Å². The number of rotatable bonds is 4. The van der Waals surface area contributed by atoms with Crippen LogP contribution >= 0.6 is 11.6 Å². The zero-order valence-corrected chi connectivity index (χ0v) is 17.1. The van der Waals surface area contributed by atoms with Crippen LogP contribution in [-0.2, 0) is 6.54 Å². The standard InChI is InChI=1S/C20H22ClF3N6/c1-12-11-30(5-4-26-12)19-14(20(22,23)24)9-25-10-18(19)29-8-13-6-16-17(7-15(13)21)28-3-2-27-16/h2-3,6-7,10,12,25-26,29H,4-5,8-9,11H2,1H3. The van der Waals surface area contributed by atoms with E-state index < -0.39 is 11.7 Å². The Morgan fingerprint density at radius 2 is 1.97 bits per heavy atom. The molecule has 0 aliphatic carbocycles. The first-order valence-corrected chi connectivity index (χ1v) is 10.1. The van der Waals surface area contributed by atoms with Crippen molar-refractivity contribution in [2.45, 2.75) is 25.7 Å². The first kappa shape index (κ1) is 20.7. The number of hydrogen-bond acceptors (Lipinski definition) is 6. The molecule has 3 N–H and O–H groups in total. The number of fused-ring (bicyclic) bond motifs is 1. The van der Waals surface area contributed by atoms with E-state index in [2.05, 4.69) is 25.9 Å². The van der Waals surface area contributed by atoms with Gasteiger partial charge in [-0.2, -0.15) is 13.2 Å². The van der Waals surface area contributed by atoms with Crippen LogP contribution in [0.2, 0.25) is 5.02 Å². The zero-order valence-electron chi connectivity index (χ0n) is 16.4. The molecule has 2 aromatic rings. The summed E-state index contributed by atoms with van der Waals surface area (Å²) in [6.45, 7) is 3.61. The third-order valence-corrected chi connectivity index (χ3v) is 5.55. The maximum Gasteiger partial charge on any atom is 0.416 e. The van der Waals surface area contributed by atoms with Crippen LogP contribution in [0.15, 0.2) is 47.7 Å². The van der Waals surface area contributed by atoms with Gasteiger partial charge in [0.1, 0.15) is 0 Å². The minimum Gasteiger partial charge on any atom is -0.385 e. The average molecular weight is 439 g/mol. The molecule has 3 heterocycles. The second-order valence-electron chi connectivity index (χ2n) is 7.41. The molecule has 4 rings (SSSR count). The monoisotopic (exact) mass is 438 g/mol. The van der Waals surface area contributed by atoms with Gasteiger partial charge in [-0.15, -0.1) is 0 Å². The SMILES string of the molecule is CC1CN(C2=C(C(F)(F)F)CNC=C2NCc2cc3nccnc3cc2Cl)CCN1. The highest BCUT2D eigenvalue weighted by atomic mass is 35.5. The summed E-state index contributed by atoms with van der Waals surface area (Å²) in [5.74, 6) is 0. The molecule has 6 nitrogen and oxygen atoms in total. The minimum absolute atomic E-state index is 0.102. The molecule has 0 spiro atoms. The van der Waals surface area contributed by atoms with Crippen molar-refractivity contribution < 1.29 is 13.2 Å². The lowest BCUT2D eigenvalue weighted by molar-refractivity contribution is -0.0952. The third kappa shape index (κ3) is 4.32. The van der Waals surface area contributed by atoms with E-state index in [0.717, 1.165) is 5.56 Å². The van der Waals surface area contributed by atoms with Crippen LogP contribution in [-0.4, -0.2) is 53.3 Å². The first-order chi connectivity index (χ1) is 14.3. The van der Waals surface area contributed by atoms with Crippen molar-refractivity contribution in [2.24, 2.45) is 0 Å². The molecule has 10 heteroatoms. The van der Waals surface area contributed by atoms with Gasteiger partial charge in [-0.25, -0.2) is 0 Å². The van der Waals surface area contributed by atoms with Crippen molar-refractivity contribution in [1.29, 1.82) is 0 Å². The van der Waals surface area contributed by atoms with Crippen molar-refractivity contribution in [3.63, 3.8) is 0 Å². The second kappa shape index (κ2) is 8.31. The van der Waals surface area contributed by atoms with Crippen molar-refractivity contribution in [2.75, 3.05) is 26.2 Å². The molecule has 1 saturated heterocycles. The molecule has 30 heavy (non-hydrogen) atoms. The van der Waals surface area contributed by atoms with Gasteiger partial charge in [0.15, 0.2) is 0 Å². The molecule has 160 valence electrons. The van der Waals surface area contributed by atoms with Crippen LogP contribution in [0.25, 0.3) is 11.0 Å². The summed E-state index contributed by atoms with van der Waals surface area (Å²) in [6, 6.07) is 3.62. The summed E-state index contributed by atoms with van der Waals surface area (Å²) in [5, 5.41) is 9.66. The number of aromatic nitrogens is 2. The first-order valence-electron chi connectivity index (χ1n) is 9.68. The van der Waals surface area contributed by atoms with Crippen molar-refractivity contribution in [1.82, 2.24) is 30.8 Å². The van der Waals surface area contributed by atoms with Gasteiger partial charge in [-0.3, -0.25) is 9.97 Å². The largest absolute Gasteiger partial charge is 0.416 e. The van der Waals surface area contributed by atoms with Gasteiger partial charge in [0.2, 0.25) is 0 Å². The Hall–Kier alpha value is -2.52. The van der Waals surface area contributed by atoms with E-state index in [0.29, 0.717) is 41.4 Å². The molecule has 2 aliphatic heterocycles. The van der Waals surface area contributed by atoms with E-state index >= 15 is 0 Å². The van der Waals surface area contributed by atoms with Crippen LogP contribution in [0.5, 0.6) is 0 Å². The molecule has 1 fully saturated rings. The lowest BCUT2D eigenvalue weighted by Gasteiger charge is -2.39. The Balaban J connectivity index is 1.63. The number of halogens is 4. The quantitative estimate of drug-likeness (QED) is 0.682. The molecule has 2 aliphatic rings. The Kier molecular flexibility index (Phi) is 5.75. The van der Waals surface area contributed by atoms with Crippen molar-refractivity contribution >= 4 is 22.6 Å². The molecular formula is C20H22ClF3N6. The van der Waals surface area contributed by atoms with E-state index in [9.17, 15) is 13.2 Å². The fourth-order valence-electron chi connectivity index (χ4n) is 3.79. The van der Waals surface area contributed by atoms with Gasteiger partial charge in [-0.1, -0.05) is 11.6 Å². The minimum atomic E-state index is -4.42. The Bertz CT molecular complexity index is 1000. The van der Waals surface area contributed by atoms with E-state index in [1.54, 1.807) is 35.6 Å². The molecular weight excluding hydrogens is 417 g/mol. The molecule has 1 aromatic heterocycles. The van der Waals surface area contributed by atoms with E-state index in [1.165, 1.54) is 0 Å². The summed E-state index contributed by atoms with van der Waals surface area (Å²) in [5.41, 5.74) is 2.11. The zero-order chi connectivity index (χ0) is 21.3. The maximum atomic E-state index is 13.8. The number of piperazine rings is 1. The van der Waals surface area contributed by atoms with Crippen LogP contribution < -0.4 is 16.0 Å². The summed E-state index contributed by atoms with van der Waals surface area (Å²) in [6.07, 6.45) is 0.349. The topological polar surface area (TPSA) is 65.1 Å². The number of benzene rings is 1. The summed E-state index contributed by atoms with van der Waals surface area (Å²) < 4.78 is 41.4. The normalized spacial score (nSPS) is 20.2. The highest BCUT2D eigenvalue weighted by Crippen LogP contribution is 2.34. The van der Waals surface area contributed by atoms with E-state index in [-0.39, 0.29) is 24.8 Å². The van der Waals surface area contributed by atoms with Crippen LogP contribution in [0.1, 0.15) is 12.5 Å². The lowest BCUT2D eigenvalue weighted by atomic mass is 10.0. The fourth-order valence-corrected chi connectivity index (χ4v) is 4.01. The summed E-state index contributed by atoms with van der Waals surface area (Å²) >= 11 is 6.37. The molecule has 0 amide bonds. The van der Waals surface area contributed by atoms with Gasteiger partial charge in [0.05, 0.1) is 28.0 Å². The highest BCUT2D eigenvalue weighted by molar-refractivity contribution is 6.32. The van der Waals surface area contributed by atoms with Crippen LogP contribution in [0.3, 0.4) is 0 Å². The smallest absolute Gasteiger partial charge is 0.385 e. The number of dihydropyridines is 1. The van der Waals surface area contributed by atoms with Gasteiger partial charge in [0.25, 0.3) is 0 Å². The van der Waals surface area contributed by atoms with Crippen LogP contribution in [0.4, 0.5) is 13.2 Å². The molecule has 0 saturated carbocycles. The van der Waals surface area contributed by atoms with E-state index in [1.807, 2.05) is 6.92 Å². The van der Waals surface area contributed by atoms with E-state index in [4.69, 9.17) is 11.6 Å². The Morgan fingerprint density at radius 3 is 2.67 bits per heavy atom. The highest BCUT2D eigenvalue weighted by Gasteiger charge is 2.40. The number of alkyl halides is 3. The van der Waals surface area contributed by atoms with Crippen molar-refractivity contribution in [3.05, 3.63) is 58.3 Å². The Morgan fingerprint density at radius 1 is 1.23 bits per heavy atom. The number of nitrogens with zero attached hydrogens (tertiary/aromatic N) is 3. The summed E-state index contributed by atoms with van der Waals surface area (Å²) in [4.78, 5) is 10.3. The van der Waals surface area contributed by atoms with Gasteiger partial charge >= 0.3 is 6.18 Å². The number of hydrogen-bond donors (Lipinski definition) is 3. The molecule has 0 bridgehead atoms. The second-order valence-corrected chi connectivity index (χ2v) is 7.81. The van der Waals surface area contributed by atoms with Gasteiger partial charge in [0, 0.05) is 62.4 Å². The predicted molar refractivity (Wildman–Crippen MR) is 110 cm³/mol. The maximum absolute atomic E-state index is 13.8. The molecule has 0 radical (unpaired) electrons.